The summed E-state index contributed by atoms with van der Waals surface area (Å²) in [4.78, 5) is 30.3. The number of amides is 2. The predicted octanol–water partition coefficient (Wildman–Crippen LogP) is 4.48. The second-order valence-corrected chi connectivity index (χ2v) is 9.51. The van der Waals surface area contributed by atoms with E-state index < -0.39 is 11.9 Å². The molecule has 2 atom stereocenters. The zero-order valence-electron chi connectivity index (χ0n) is 18.8. The van der Waals surface area contributed by atoms with Crippen LogP contribution in [0.25, 0.3) is 0 Å². The third-order valence-electron chi connectivity index (χ3n) is 5.61. The molecular weight excluding hydrogens is 472 g/mol. The van der Waals surface area contributed by atoms with Gasteiger partial charge in [-0.1, -0.05) is 48.0 Å². The zero-order valence-corrected chi connectivity index (χ0v) is 20.4. The smallest absolute Gasteiger partial charge is 0.271 e. The van der Waals surface area contributed by atoms with Gasteiger partial charge >= 0.3 is 0 Å². The molecule has 2 aromatic carbocycles. The van der Waals surface area contributed by atoms with Crippen molar-refractivity contribution in [3.05, 3.63) is 75.8 Å². The molecule has 3 aromatic rings. The largest absolute Gasteiger partial charge is 0.376 e. The Morgan fingerprint density at radius 1 is 1.24 bits per heavy atom. The summed E-state index contributed by atoms with van der Waals surface area (Å²) < 4.78 is 5.59. The number of nitrogens with one attached hydrogen (secondary N) is 3. The molecule has 2 unspecified atom stereocenters. The predicted molar refractivity (Wildman–Crippen MR) is 135 cm³/mol. The first-order chi connectivity index (χ1) is 16.5. The van der Waals surface area contributed by atoms with E-state index in [-0.39, 0.29) is 17.7 Å². The first-order valence-electron chi connectivity index (χ1n) is 11.2. The number of rotatable bonds is 9. The van der Waals surface area contributed by atoms with Gasteiger partial charge in [0.1, 0.15) is 11.7 Å². The van der Waals surface area contributed by atoms with E-state index in [1.807, 2.05) is 55.5 Å². The second-order valence-electron chi connectivity index (χ2n) is 8.22. The molecule has 34 heavy (non-hydrogen) atoms. The number of anilines is 2. The van der Waals surface area contributed by atoms with Crippen LogP contribution >= 0.6 is 22.9 Å². The molecule has 7 nitrogen and oxygen atoms in total. The minimum Gasteiger partial charge on any atom is -0.376 e. The summed E-state index contributed by atoms with van der Waals surface area (Å²) >= 11 is 7.40. The van der Waals surface area contributed by atoms with Gasteiger partial charge in [0.05, 0.1) is 6.10 Å². The molecule has 0 bridgehead atoms. The van der Waals surface area contributed by atoms with Crippen LogP contribution in [0.3, 0.4) is 0 Å². The summed E-state index contributed by atoms with van der Waals surface area (Å²) in [6, 6.07) is 14.4. The van der Waals surface area contributed by atoms with E-state index in [4.69, 9.17) is 16.3 Å². The Bertz CT molecular complexity index is 1130. The van der Waals surface area contributed by atoms with Gasteiger partial charge in [-0.05, 0) is 43.0 Å². The highest BCUT2D eigenvalue weighted by Gasteiger charge is 2.25. The fourth-order valence-corrected chi connectivity index (χ4v) is 4.59. The molecule has 1 aliphatic heterocycles. The number of carbonyl (C=O) groups is 2. The van der Waals surface area contributed by atoms with E-state index in [1.54, 1.807) is 5.38 Å². The number of nitrogens with zero attached hydrogens (tertiary/aromatic N) is 1. The van der Waals surface area contributed by atoms with Crippen molar-refractivity contribution in [1.82, 2.24) is 15.6 Å². The SMILES string of the molecule is Cc1ccc(Cl)cc1Nc1nc(C(=O)NC(Cc2ccccc2)C(=O)NCC2CCCO2)cs1. The van der Waals surface area contributed by atoms with Gasteiger partial charge in [0, 0.05) is 35.7 Å². The van der Waals surface area contributed by atoms with Gasteiger partial charge in [-0.3, -0.25) is 9.59 Å². The maximum absolute atomic E-state index is 13.0. The van der Waals surface area contributed by atoms with Crippen LogP contribution in [0.1, 0.15) is 34.5 Å². The molecule has 0 radical (unpaired) electrons. The maximum Gasteiger partial charge on any atom is 0.271 e. The van der Waals surface area contributed by atoms with Crippen LogP contribution in [0, 0.1) is 6.92 Å². The number of hydrogen-bond donors (Lipinski definition) is 3. The van der Waals surface area contributed by atoms with Crippen molar-refractivity contribution >= 4 is 45.6 Å². The lowest BCUT2D eigenvalue weighted by molar-refractivity contribution is -0.123. The standard InChI is InChI=1S/C25H27ClN4O3S/c1-16-9-10-18(26)13-20(16)29-25-30-22(15-34-25)24(32)28-21(12-17-6-3-2-4-7-17)23(31)27-14-19-8-5-11-33-19/h2-4,6-7,9-10,13,15,19,21H,5,8,11-12,14H2,1H3,(H,27,31)(H,28,32)(H,29,30). The van der Waals surface area contributed by atoms with Crippen LogP contribution in [0.15, 0.2) is 53.9 Å². The highest BCUT2D eigenvalue weighted by molar-refractivity contribution is 7.14. The van der Waals surface area contributed by atoms with Crippen molar-refractivity contribution < 1.29 is 14.3 Å². The minimum atomic E-state index is -0.732. The van der Waals surface area contributed by atoms with Crippen molar-refractivity contribution in [2.75, 3.05) is 18.5 Å². The quantitative estimate of drug-likeness (QED) is 0.404. The first kappa shape index (κ1) is 24.2. The van der Waals surface area contributed by atoms with Gasteiger partial charge in [-0.2, -0.15) is 0 Å². The van der Waals surface area contributed by atoms with Gasteiger partial charge < -0.3 is 20.7 Å². The second kappa shape index (κ2) is 11.5. The summed E-state index contributed by atoms with van der Waals surface area (Å²) in [6.07, 6.45) is 2.33. The van der Waals surface area contributed by atoms with Crippen LogP contribution < -0.4 is 16.0 Å². The van der Waals surface area contributed by atoms with E-state index in [2.05, 4.69) is 20.9 Å². The van der Waals surface area contributed by atoms with Crippen molar-refractivity contribution in [3.8, 4) is 0 Å². The van der Waals surface area contributed by atoms with Crippen LogP contribution in [0.4, 0.5) is 10.8 Å². The van der Waals surface area contributed by atoms with E-state index in [0.29, 0.717) is 23.1 Å². The van der Waals surface area contributed by atoms with Crippen LogP contribution in [0.5, 0.6) is 0 Å². The van der Waals surface area contributed by atoms with Crippen LogP contribution in [-0.4, -0.2) is 42.1 Å². The van der Waals surface area contributed by atoms with Crippen molar-refractivity contribution in [2.45, 2.75) is 38.3 Å². The molecule has 9 heteroatoms. The number of aryl methyl sites for hydroxylation is 1. The Hall–Kier alpha value is -2.94. The molecular formula is C25H27ClN4O3S. The third-order valence-corrected chi connectivity index (χ3v) is 6.60. The minimum absolute atomic E-state index is 0.0270. The molecule has 4 rings (SSSR count). The number of carbonyl (C=O) groups excluding carboxylic acids is 2. The number of halogens is 1. The lowest BCUT2D eigenvalue weighted by Crippen LogP contribution is -2.49. The van der Waals surface area contributed by atoms with Crippen molar-refractivity contribution in [3.63, 3.8) is 0 Å². The summed E-state index contributed by atoms with van der Waals surface area (Å²) in [5.74, 6) is -0.642. The summed E-state index contributed by atoms with van der Waals surface area (Å²) in [5, 5.41) is 11.8. The van der Waals surface area contributed by atoms with E-state index in [9.17, 15) is 9.59 Å². The average Bonchev–Trinajstić information content (AvgIpc) is 3.52. The van der Waals surface area contributed by atoms with Gasteiger partial charge in [-0.15, -0.1) is 11.3 Å². The van der Waals surface area contributed by atoms with Gasteiger partial charge in [0.2, 0.25) is 5.91 Å². The highest BCUT2D eigenvalue weighted by Crippen LogP contribution is 2.26. The lowest BCUT2D eigenvalue weighted by Gasteiger charge is -2.19. The van der Waals surface area contributed by atoms with Crippen LogP contribution in [0.2, 0.25) is 5.02 Å². The Morgan fingerprint density at radius 3 is 2.82 bits per heavy atom. The Balaban J connectivity index is 1.43. The van der Waals surface area contributed by atoms with Crippen LogP contribution in [-0.2, 0) is 16.0 Å². The van der Waals surface area contributed by atoms with Gasteiger partial charge in [0.15, 0.2) is 5.13 Å². The lowest BCUT2D eigenvalue weighted by atomic mass is 10.0. The van der Waals surface area contributed by atoms with Crippen molar-refractivity contribution in [2.24, 2.45) is 0 Å². The molecule has 1 fully saturated rings. The maximum atomic E-state index is 13.0. The van der Waals surface area contributed by atoms with Crippen molar-refractivity contribution in [1.29, 1.82) is 0 Å². The third kappa shape index (κ3) is 6.56. The van der Waals surface area contributed by atoms with Gasteiger partial charge in [-0.25, -0.2) is 4.98 Å². The molecule has 2 amide bonds. The first-order valence-corrected chi connectivity index (χ1v) is 12.5. The molecule has 0 aliphatic carbocycles. The molecule has 3 N–H and O–H groups in total. The molecule has 1 aromatic heterocycles. The normalized spacial score (nSPS) is 16.1. The molecule has 0 spiro atoms. The monoisotopic (exact) mass is 498 g/mol. The fourth-order valence-electron chi connectivity index (χ4n) is 3.71. The molecule has 2 heterocycles. The van der Waals surface area contributed by atoms with E-state index >= 15 is 0 Å². The Morgan fingerprint density at radius 2 is 2.06 bits per heavy atom. The number of hydrogen-bond acceptors (Lipinski definition) is 6. The topological polar surface area (TPSA) is 92.4 Å². The van der Waals surface area contributed by atoms with E-state index in [1.165, 1.54) is 11.3 Å². The number of benzene rings is 2. The molecule has 1 aliphatic rings. The Labute approximate surface area is 207 Å². The van der Waals surface area contributed by atoms with E-state index in [0.717, 1.165) is 36.3 Å². The number of ether oxygens (including phenoxy) is 1. The number of aromatic nitrogens is 1. The van der Waals surface area contributed by atoms with Gasteiger partial charge in [0.25, 0.3) is 5.91 Å². The molecule has 0 saturated carbocycles. The summed E-state index contributed by atoms with van der Waals surface area (Å²) in [6.45, 7) is 3.12. The molecule has 178 valence electrons. The summed E-state index contributed by atoms with van der Waals surface area (Å²) in [5.41, 5.74) is 3.04. The number of thiazole rings is 1. The molecule has 1 saturated heterocycles. The zero-order chi connectivity index (χ0) is 23.9. The average molecular weight is 499 g/mol. The highest BCUT2D eigenvalue weighted by atomic mass is 35.5. The summed E-state index contributed by atoms with van der Waals surface area (Å²) in [7, 11) is 0. The Kier molecular flexibility index (Phi) is 8.16. The fraction of sp³-hybridized carbons (Fsp3) is 0.320.